The van der Waals surface area contributed by atoms with Crippen molar-refractivity contribution in [1.29, 1.82) is 0 Å². The van der Waals surface area contributed by atoms with Crippen LogP contribution in [-0.2, 0) is 4.79 Å². The number of amides is 2. The first-order valence-corrected chi connectivity index (χ1v) is 9.66. The van der Waals surface area contributed by atoms with Crippen LogP contribution in [0.15, 0.2) is 17.5 Å². The van der Waals surface area contributed by atoms with Gasteiger partial charge in [-0.05, 0) is 55.9 Å². The lowest BCUT2D eigenvalue weighted by atomic mass is 9.86. The maximum absolute atomic E-state index is 12.7. The number of thiophene rings is 1. The summed E-state index contributed by atoms with van der Waals surface area (Å²) in [6.07, 6.45) is 7.47. The largest absolute Gasteiger partial charge is 0.351 e. The van der Waals surface area contributed by atoms with Crippen molar-refractivity contribution in [2.24, 2.45) is 5.92 Å². The number of rotatable bonds is 6. The van der Waals surface area contributed by atoms with Crippen molar-refractivity contribution in [3.05, 3.63) is 22.4 Å². The lowest BCUT2D eigenvalue weighted by Gasteiger charge is -2.36. The third-order valence-corrected chi connectivity index (χ3v) is 5.85. The van der Waals surface area contributed by atoms with Crippen LogP contribution in [0.5, 0.6) is 0 Å². The molecule has 23 heavy (non-hydrogen) atoms. The van der Waals surface area contributed by atoms with Crippen molar-refractivity contribution >= 4 is 23.2 Å². The number of nitrogens with one attached hydrogen (secondary N) is 1. The summed E-state index contributed by atoms with van der Waals surface area (Å²) in [4.78, 5) is 27.4. The Morgan fingerprint density at radius 2 is 1.83 bits per heavy atom. The number of nitrogens with zero attached hydrogens (tertiary/aromatic N) is 1. The first-order chi connectivity index (χ1) is 11.1. The Balaban J connectivity index is 1.48. The molecular formula is C18H26N2O2S. The Hall–Kier alpha value is -1.36. The van der Waals surface area contributed by atoms with Crippen LogP contribution in [0.3, 0.4) is 0 Å². The minimum atomic E-state index is -0.0720. The molecular weight excluding hydrogens is 308 g/mol. The smallest absolute Gasteiger partial charge is 0.261 e. The SMILES string of the molecule is CC1CCC(N(C(=O)CCNC(=O)c2cccs2)C2CC2)CC1. The molecule has 3 rings (SSSR count). The quantitative estimate of drug-likeness (QED) is 0.866. The molecule has 2 amide bonds. The van der Waals surface area contributed by atoms with E-state index < -0.39 is 0 Å². The normalized spacial score (nSPS) is 24.2. The molecule has 1 N–H and O–H groups in total. The first-order valence-electron chi connectivity index (χ1n) is 8.78. The molecule has 0 spiro atoms. The van der Waals surface area contributed by atoms with Crippen LogP contribution in [0.25, 0.3) is 0 Å². The zero-order valence-corrected chi connectivity index (χ0v) is 14.6. The van der Waals surface area contributed by atoms with Crippen LogP contribution < -0.4 is 5.32 Å². The van der Waals surface area contributed by atoms with E-state index >= 15 is 0 Å². The second-order valence-corrected chi connectivity index (χ2v) is 7.88. The maximum Gasteiger partial charge on any atom is 0.261 e. The van der Waals surface area contributed by atoms with Crippen LogP contribution >= 0.6 is 11.3 Å². The highest BCUT2D eigenvalue weighted by Crippen LogP contribution is 2.35. The molecule has 0 atom stereocenters. The average Bonchev–Trinajstić information content (AvgIpc) is 3.21. The van der Waals surface area contributed by atoms with Crippen molar-refractivity contribution in [3.63, 3.8) is 0 Å². The van der Waals surface area contributed by atoms with Gasteiger partial charge in [0.1, 0.15) is 0 Å². The zero-order valence-electron chi connectivity index (χ0n) is 13.8. The number of hydrogen-bond acceptors (Lipinski definition) is 3. The summed E-state index contributed by atoms with van der Waals surface area (Å²) < 4.78 is 0. The van der Waals surface area contributed by atoms with Crippen molar-refractivity contribution in [3.8, 4) is 0 Å². The van der Waals surface area contributed by atoms with E-state index in [0.717, 1.165) is 31.6 Å². The Morgan fingerprint density at radius 1 is 1.17 bits per heavy atom. The van der Waals surface area contributed by atoms with Gasteiger partial charge in [-0.1, -0.05) is 13.0 Å². The Morgan fingerprint density at radius 3 is 2.39 bits per heavy atom. The highest BCUT2D eigenvalue weighted by molar-refractivity contribution is 7.12. The summed E-state index contributed by atoms with van der Waals surface area (Å²) >= 11 is 1.43. The van der Waals surface area contributed by atoms with Gasteiger partial charge in [0.25, 0.3) is 5.91 Å². The minimum Gasteiger partial charge on any atom is -0.351 e. The number of hydrogen-bond donors (Lipinski definition) is 1. The van der Waals surface area contributed by atoms with E-state index in [1.807, 2.05) is 17.5 Å². The molecule has 2 saturated carbocycles. The predicted molar refractivity (Wildman–Crippen MR) is 92.6 cm³/mol. The van der Waals surface area contributed by atoms with E-state index in [1.165, 1.54) is 24.2 Å². The third-order valence-electron chi connectivity index (χ3n) is 4.98. The van der Waals surface area contributed by atoms with Crippen LogP contribution in [-0.4, -0.2) is 35.3 Å². The topological polar surface area (TPSA) is 49.4 Å². The van der Waals surface area contributed by atoms with Gasteiger partial charge in [0, 0.05) is 25.0 Å². The second kappa shape index (κ2) is 7.47. The molecule has 1 aromatic rings. The molecule has 1 heterocycles. The van der Waals surface area contributed by atoms with Gasteiger partial charge in [-0.25, -0.2) is 0 Å². The van der Waals surface area contributed by atoms with E-state index in [9.17, 15) is 9.59 Å². The van der Waals surface area contributed by atoms with Gasteiger partial charge >= 0.3 is 0 Å². The molecule has 2 aliphatic carbocycles. The fraction of sp³-hybridized carbons (Fsp3) is 0.667. The van der Waals surface area contributed by atoms with Gasteiger partial charge in [0.05, 0.1) is 4.88 Å². The van der Waals surface area contributed by atoms with Crippen LogP contribution in [0.2, 0.25) is 0 Å². The summed E-state index contributed by atoms with van der Waals surface area (Å²) in [5.41, 5.74) is 0. The zero-order chi connectivity index (χ0) is 16.2. The summed E-state index contributed by atoms with van der Waals surface area (Å²) in [6.45, 7) is 2.74. The molecule has 2 aliphatic rings. The van der Waals surface area contributed by atoms with Gasteiger partial charge in [0.2, 0.25) is 5.91 Å². The molecule has 2 fully saturated rings. The van der Waals surface area contributed by atoms with Gasteiger partial charge in [-0.2, -0.15) is 0 Å². The van der Waals surface area contributed by atoms with E-state index in [1.54, 1.807) is 0 Å². The first kappa shape index (κ1) is 16.5. The summed E-state index contributed by atoms with van der Waals surface area (Å²) in [5, 5.41) is 4.75. The van der Waals surface area contributed by atoms with E-state index in [0.29, 0.717) is 29.9 Å². The lowest BCUT2D eigenvalue weighted by Crippen LogP contribution is -2.44. The van der Waals surface area contributed by atoms with Gasteiger partial charge in [-0.3, -0.25) is 9.59 Å². The van der Waals surface area contributed by atoms with Gasteiger partial charge in [-0.15, -0.1) is 11.3 Å². The highest BCUT2D eigenvalue weighted by atomic mass is 32.1. The van der Waals surface area contributed by atoms with Crippen molar-refractivity contribution in [1.82, 2.24) is 10.2 Å². The standard InChI is InChI=1S/C18H26N2O2S/c1-13-4-6-14(7-5-13)20(15-8-9-15)17(21)10-11-19-18(22)16-3-2-12-23-16/h2-3,12-15H,4-11H2,1H3,(H,19,22). The van der Waals surface area contributed by atoms with Crippen molar-refractivity contribution in [2.75, 3.05) is 6.54 Å². The minimum absolute atomic E-state index is 0.0720. The maximum atomic E-state index is 12.7. The fourth-order valence-electron chi connectivity index (χ4n) is 3.49. The summed E-state index contributed by atoms with van der Waals surface area (Å²) in [7, 11) is 0. The van der Waals surface area contributed by atoms with E-state index in [4.69, 9.17) is 0 Å². The average molecular weight is 334 g/mol. The molecule has 0 bridgehead atoms. The molecule has 0 aliphatic heterocycles. The molecule has 126 valence electrons. The Bertz CT molecular complexity index is 531. The number of carbonyl (C=O) groups is 2. The molecule has 0 radical (unpaired) electrons. The van der Waals surface area contributed by atoms with E-state index in [2.05, 4.69) is 17.1 Å². The summed E-state index contributed by atoms with van der Waals surface area (Å²) in [5.74, 6) is 0.947. The second-order valence-electron chi connectivity index (χ2n) is 6.93. The van der Waals surface area contributed by atoms with Crippen molar-refractivity contribution in [2.45, 2.75) is 64.0 Å². The van der Waals surface area contributed by atoms with E-state index in [-0.39, 0.29) is 11.8 Å². The van der Waals surface area contributed by atoms with Gasteiger partial charge in [0.15, 0.2) is 0 Å². The number of carbonyl (C=O) groups excluding carboxylic acids is 2. The van der Waals surface area contributed by atoms with Crippen LogP contribution in [0, 0.1) is 5.92 Å². The molecule has 1 aromatic heterocycles. The van der Waals surface area contributed by atoms with Crippen LogP contribution in [0.1, 0.15) is 61.5 Å². The predicted octanol–water partition coefficient (Wildman–Crippen LogP) is 3.44. The molecule has 0 aromatic carbocycles. The monoisotopic (exact) mass is 334 g/mol. The fourth-order valence-corrected chi connectivity index (χ4v) is 4.13. The Labute approximate surface area is 142 Å². The van der Waals surface area contributed by atoms with Crippen molar-refractivity contribution < 1.29 is 9.59 Å². The lowest BCUT2D eigenvalue weighted by molar-refractivity contribution is -0.135. The molecule has 0 unspecified atom stereocenters. The highest BCUT2D eigenvalue weighted by Gasteiger charge is 2.37. The van der Waals surface area contributed by atoms with Gasteiger partial charge < -0.3 is 10.2 Å². The molecule has 0 saturated heterocycles. The summed E-state index contributed by atoms with van der Waals surface area (Å²) in [6, 6.07) is 4.57. The Kier molecular flexibility index (Phi) is 5.36. The van der Waals surface area contributed by atoms with Crippen LogP contribution in [0.4, 0.5) is 0 Å². The molecule has 5 heteroatoms. The third kappa shape index (κ3) is 4.34. The molecule has 4 nitrogen and oxygen atoms in total.